The summed E-state index contributed by atoms with van der Waals surface area (Å²) >= 11 is 1.37. The normalized spacial score (nSPS) is 12.9. The third kappa shape index (κ3) is 3.39. The maximum Gasteiger partial charge on any atom is 0.237 e. The SMILES string of the molecule is O=C(CSc1ncccn1)N1CCc2cc(-c3ccncc3)ccc21. The van der Waals surface area contributed by atoms with Gasteiger partial charge in [0.1, 0.15) is 0 Å². The van der Waals surface area contributed by atoms with Gasteiger partial charge in [-0.05, 0) is 53.4 Å². The minimum Gasteiger partial charge on any atom is -0.311 e. The van der Waals surface area contributed by atoms with Crippen LogP contribution in [-0.4, -0.2) is 33.2 Å². The smallest absolute Gasteiger partial charge is 0.237 e. The van der Waals surface area contributed by atoms with Gasteiger partial charge in [0, 0.05) is 37.0 Å². The maximum absolute atomic E-state index is 12.6. The van der Waals surface area contributed by atoms with Crippen molar-refractivity contribution in [2.45, 2.75) is 11.6 Å². The Balaban J connectivity index is 1.49. The van der Waals surface area contributed by atoms with Crippen molar-refractivity contribution in [3.63, 3.8) is 0 Å². The zero-order chi connectivity index (χ0) is 17.1. The van der Waals surface area contributed by atoms with E-state index in [0.29, 0.717) is 10.9 Å². The molecule has 25 heavy (non-hydrogen) atoms. The number of aromatic nitrogens is 3. The van der Waals surface area contributed by atoms with Crippen LogP contribution in [0.15, 0.2) is 66.3 Å². The van der Waals surface area contributed by atoms with Gasteiger partial charge in [0.05, 0.1) is 5.75 Å². The number of fused-ring (bicyclic) bond motifs is 1. The number of anilines is 1. The fourth-order valence-corrected chi connectivity index (χ4v) is 3.63. The first-order valence-corrected chi connectivity index (χ1v) is 9.03. The Hall–Kier alpha value is -2.73. The molecule has 3 heterocycles. The molecule has 0 bridgehead atoms. The van der Waals surface area contributed by atoms with Crippen LogP contribution in [0.1, 0.15) is 5.56 Å². The average Bonchev–Trinajstić information content (AvgIpc) is 3.11. The number of amides is 1. The molecular weight excluding hydrogens is 332 g/mol. The van der Waals surface area contributed by atoms with Crippen LogP contribution >= 0.6 is 11.8 Å². The molecule has 0 atom stereocenters. The monoisotopic (exact) mass is 348 g/mol. The molecule has 0 radical (unpaired) electrons. The molecule has 0 saturated carbocycles. The van der Waals surface area contributed by atoms with Crippen molar-refractivity contribution in [2.75, 3.05) is 17.2 Å². The fraction of sp³-hybridized carbons (Fsp3) is 0.158. The molecule has 2 aromatic heterocycles. The van der Waals surface area contributed by atoms with Crippen LogP contribution in [-0.2, 0) is 11.2 Å². The number of benzene rings is 1. The summed E-state index contributed by atoms with van der Waals surface area (Å²) in [6, 6.07) is 12.0. The van der Waals surface area contributed by atoms with Crippen molar-refractivity contribution in [2.24, 2.45) is 0 Å². The fourth-order valence-electron chi connectivity index (χ4n) is 2.95. The highest BCUT2D eigenvalue weighted by Gasteiger charge is 2.25. The molecule has 0 N–H and O–H groups in total. The summed E-state index contributed by atoms with van der Waals surface area (Å²) in [5.74, 6) is 0.433. The van der Waals surface area contributed by atoms with E-state index in [0.717, 1.165) is 29.8 Å². The van der Waals surface area contributed by atoms with Crippen molar-refractivity contribution >= 4 is 23.4 Å². The van der Waals surface area contributed by atoms with Crippen molar-refractivity contribution in [3.05, 3.63) is 66.7 Å². The Bertz CT molecular complexity index is 886. The van der Waals surface area contributed by atoms with Gasteiger partial charge in [-0.15, -0.1) is 0 Å². The van der Waals surface area contributed by atoms with Crippen molar-refractivity contribution < 1.29 is 4.79 Å². The summed E-state index contributed by atoms with van der Waals surface area (Å²) in [6.07, 6.45) is 7.84. The molecule has 1 aliphatic heterocycles. The first-order valence-electron chi connectivity index (χ1n) is 8.05. The van der Waals surface area contributed by atoms with Crippen LogP contribution in [0.2, 0.25) is 0 Å². The van der Waals surface area contributed by atoms with E-state index in [2.05, 4.69) is 27.1 Å². The van der Waals surface area contributed by atoms with Gasteiger partial charge in [0.2, 0.25) is 5.91 Å². The van der Waals surface area contributed by atoms with E-state index >= 15 is 0 Å². The van der Waals surface area contributed by atoms with Crippen LogP contribution < -0.4 is 4.90 Å². The number of pyridine rings is 1. The summed E-state index contributed by atoms with van der Waals surface area (Å²) < 4.78 is 0. The molecule has 124 valence electrons. The third-order valence-corrected chi connectivity index (χ3v) is 5.02. The minimum absolute atomic E-state index is 0.0906. The highest BCUT2D eigenvalue weighted by atomic mass is 32.2. The summed E-state index contributed by atoms with van der Waals surface area (Å²) in [6.45, 7) is 0.726. The van der Waals surface area contributed by atoms with Gasteiger partial charge >= 0.3 is 0 Å². The third-order valence-electron chi connectivity index (χ3n) is 4.16. The quantitative estimate of drug-likeness (QED) is 0.535. The van der Waals surface area contributed by atoms with E-state index in [4.69, 9.17) is 0 Å². The number of thioether (sulfide) groups is 1. The van der Waals surface area contributed by atoms with Crippen molar-refractivity contribution in [3.8, 4) is 11.1 Å². The lowest BCUT2D eigenvalue weighted by Crippen LogP contribution is -2.30. The van der Waals surface area contributed by atoms with Crippen LogP contribution in [0.4, 0.5) is 5.69 Å². The van der Waals surface area contributed by atoms with E-state index < -0.39 is 0 Å². The lowest BCUT2D eigenvalue weighted by Gasteiger charge is -2.17. The summed E-state index contributed by atoms with van der Waals surface area (Å²) in [5.41, 5.74) is 4.52. The van der Waals surface area contributed by atoms with Crippen LogP contribution in [0.5, 0.6) is 0 Å². The number of nitrogens with zero attached hydrogens (tertiary/aromatic N) is 4. The highest BCUT2D eigenvalue weighted by molar-refractivity contribution is 7.99. The Morgan fingerprint density at radius 1 is 1.04 bits per heavy atom. The Morgan fingerprint density at radius 2 is 1.84 bits per heavy atom. The molecule has 1 amide bonds. The summed E-state index contributed by atoms with van der Waals surface area (Å²) in [4.78, 5) is 26.8. The molecule has 1 aromatic carbocycles. The van der Waals surface area contributed by atoms with Crippen molar-refractivity contribution in [1.29, 1.82) is 0 Å². The number of carbonyl (C=O) groups excluding carboxylic acids is 1. The molecule has 1 aliphatic rings. The van der Waals surface area contributed by atoms with E-state index in [9.17, 15) is 4.79 Å². The van der Waals surface area contributed by atoms with Gasteiger partial charge in [-0.25, -0.2) is 9.97 Å². The molecule has 0 saturated heterocycles. The number of hydrogen-bond acceptors (Lipinski definition) is 5. The molecule has 4 rings (SSSR count). The molecule has 0 fully saturated rings. The number of rotatable bonds is 4. The summed E-state index contributed by atoms with van der Waals surface area (Å²) in [5, 5.41) is 0.628. The molecule has 0 unspecified atom stereocenters. The van der Waals surface area contributed by atoms with E-state index in [1.54, 1.807) is 30.9 Å². The second-order valence-electron chi connectivity index (χ2n) is 5.69. The Morgan fingerprint density at radius 3 is 2.64 bits per heavy atom. The molecule has 3 aromatic rings. The molecular formula is C19H16N4OS. The molecule has 5 nitrogen and oxygen atoms in total. The topological polar surface area (TPSA) is 59.0 Å². The predicted molar refractivity (Wildman–Crippen MR) is 98.5 cm³/mol. The number of hydrogen-bond donors (Lipinski definition) is 0. The zero-order valence-electron chi connectivity index (χ0n) is 13.5. The van der Waals surface area contributed by atoms with Gasteiger partial charge in [-0.3, -0.25) is 9.78 Å². The van der Waals surface area contributed by atoms with Gasteiger partial charge in [-0.2, -0.15) is 0 Å². The van der Waals surface area contributed by atoms with Gasteiger partial charge < -0.3 is 4.90 Å². The van der Waals surface area contributed by atoms with Crippen molar-refractivity contribution in [1.82, 2.24) is 15.0 Å². The second-order valence-corrected chi connectivity index (χ2v) is 6.64. The lowest BCUT2D eigenvalue weighted by atomic mass is 10.0. The Kier molecular flexibility index (Phi) is 4.43. The Labute approximate surface area is 150 Å². The molecule has 0 aliphatic carbocycles. The lowest BCUT2D eigenvalue weighted by molar-refractivity contribution is -0.116. The largest absolute Gasteiger partial charge is 0.311 e. The number of carbonyl (C=O) groups is 1. The summed E-state index contributed by atoms with van der Waals surface area (Å²) in [7, 11) is 0. The van der Waals surface area contributed by atoms with Crippen LogP contribution in [0, 0.1) is 0 Å². The predicted octanol–water partition coefficient (Wildman–Crippen LogP) is 3.22. The standard InChI is InChI=1S/C19H16N4OS/c24-18(13-25-19-21-7-1-8-22-19)23-11-6-16-12-15(2-3-17(16)23)14-4-9-20-10-5-14/h1-5,7-10,12H,6,11,13H2. The molecule has 6 heteroatoms. The van der Waals surface area contributed by atoms with Gasteiger partial charge in [0.25, 0.3) is 0 Å². The first kappa shape index (κ1) is 15.8. The maximum atomic E-state index is 12.6. The second kappa shape index (κ2) is 7.03. The molecule has 0 spiro atoms. The minimum atomic E-state index is 0.0906. The highest BCUT2D eigenvalue weighted by Crippen LogP contribution is 2.32. The van der Waals surface area contributed by atoms with Crippen LogP contribution in [0.3, 0.4) is 0 Å². The van der Waals surface area contributed by atoms with Crippen LogP contribution in [0.25, 0.3) is 11.1 Å². The first-order chi connectivity index (χ1) is 12.3. The van der Waals surface area contributed by atoms with E-state index in [-0.39, 0.29) is 5.91 Å². The zero-order valence-corrected chi connectivity index (χ0v) is 14.3. The average molecular weight is 348 g/mol. The van der Waals surface area contributed by atoms with E-state index in [1.807, 2.05) is 23.1 Å². The van der Waals surface area contributed by atoms with Gasteiger partial charge in [-0.1, -0.05) is 17.8 Å². The van der Waals surface area contributed by atoms with E-state index in [1.165, 1.54) is 17.3 Å². The van der Waals surface area contributed by atoms with Gasteiger partial charge in [0.15, 0.2) is 5.16 Å².